The molecule has 0 aliphatic carbocycles. The molecular formula is C10H12BrClN2O2S2. The van der Waals surface area contributed by atoms with Crippen LogP contribution in [-0.4, -0.2) is 42.3 Å². The van der Waals surface area contributed by atoms with Crippen LogP contribution in [0.4, 0.5) is 0 Å². The molecule has 1 saturated heterocycles. The highest BCUT2D eigenvalue weighted by Gasteiger charge is 2.28. The Bertz CT molecular complexity index is 531. The molecule has 1 fully saturated rings. The molecule has 0 aromatic carbocycles. The Morgan fingerprint density at radius 1 is 1.39 bits per heavy atom. The molecule has 0 bridgehead atoms. The largest absolute Gasteiger partial charge is 0.246 e. The molecule has 8 heteroatoms. The van der Waals surface area contributed by atoms with Crippen LogP contribution in [0.25, 0.3) is 0 Å². The zero-order chi connectivity index (χ0) is 13.2. The molecule has 0 saturated carbocycles. The average molecular weight is 372 g/mol. The SMILES string of the molecule is O=S(=O)(c1cc(Br)cnc1Cl)N1CCCSCC1. The lowest BCUT2D eigenvalue weighted by Gasteiger charge is -2.20. The monoisotopic (exact) mass is 370 g/mol. The number of sulfonamides is 1. The zero-order valence-electron chi connectivity index (χ0n) is 9.47. The first-order valence-corrected chi connectivity index (χ1v) is 9.17. The Labute approximate surface area is 124 Å². The van der Waals surface area contributed by atoms with Crippen molar-refractivity contribution in [3.8, 4) is 0 Å². The molecule has 1 aromatic rings. The van der Waals surface area contributed by atoms with E-state index in [0.29, 0.717) is 17.6 Å². The number of rotatable bonds is 2. The molecule has 0 spiro atoms. The first-order chi connectivity index (χ1) is 8.51. The molecule has 0 amide bonds. The lowest BCUT2D eigenvalue weighted by Crippen LogP contribution is -2.33. The molecule has 4 nitrogen and oxygen atoms in total. The number of hydrogen-bond acceptors (Lipinski definition) is 4. The third kappa shape index (κ3) is 3.19. The van der Waals surface area contributed by atoms with E-state index >= 15 is 0 Å². The highest BCUT2D eigenvalue weighted by Crippen LogP contribution is 2.27. The van der Waals surface area contributed by atoms with Crippen molar-refractivity contribution >= 4 is 49.3 Å². The molecule has 2 rings (SSSR count). The van der Waals surface area contributed by atoms with Gasteiger partial charge in [-0.15, -0.1) is 0 Å². The summed E-state index contributed by atoms with van der Waals surface area (Å²) >= 11 is 10.9. The Kier molecular flexibility index (Phi) is 4.93. The lowest BCUT2D eigenvalue weighted by molar-refractivity contribution is 0.435. The Balaban J connectivity index is 2.37. The maximum atomic E-state index is 12.5. The minimum absolute atomic E-state index is 0.0232. The van der Waals surface area contributed by atoms with Crippen LogP contribution in [0, 0.1) is 0 Å². The summed E-state index contributed by atoms with van der Waals surface area (Å²) in [6.07, 6.45) is 2.35. The Morgan fingerprint density at radius 3 is 2.94 bits per heavy atom. The quantitative estimate of drug-likeness (QED) is 0.750. The average Bonchev–Trinajstić information content (AvgIpc) is 2.61. The van der Waals surface area contributed by atoms with Gasteiger partial charge >= 0.3 is 0 Å². The van der Waals surface area contributed by atoms with Gasteiger partial charge < -0.3 is 0 Å². The van der Waals surface area contributed by atoms with Gasteiger partial charge in [-0.25, -0.2) is 13.4 Å². The van der Waals surface area contributed by atoms with Crippen molar-refractivity contribution < 1.29 is 8.42 Å². The van der Waals surface area contributed by atoms with Crippen molar-refractivity contribution in [3.63, 3.8) is 0 Å². The second kappa shape index (κ2) is 6.09. The third-order valence-electron chi connectivity index (χ3n) is 2.57. The van der Waals surface area contributed by atoms with E-state index in [1.165, 1.54) is 16.6 Å². The predicted octanol–water partition coefficient (Wildman–Crippen LogP) is 2.63. The van der Waals surface area contributed by atoms with Crippen LogP contribution in [0.3, 0.4) is 0 Å². The van der Waals surface area contributed by atoms with E-state index in [9.17, 15) is 8.42 Å². The van der Waals surface area contributed by atoms with Crippen molar-refractivity contribution in [1.82, 2.24) is 9.29 Å². The summed E-state index contributed by atoms with van der Waals surface area (Å²) in [6.45, 7) is 1.06. The van der Waals surface area contributed by atoms with Crippen molar-refractivity contribution in [2.24, 2.45) is 0 Å². The number of halogens is 2. The highest BCUT2D eigenvalue weighted by atomic mass is 79.9. The van der Waals surface area contributed by atoms with Crippen molar-refractivity contribution in [2.75, 3.05) is 24.6 Å². The molecule has 2 heterocycles. The van der Waals surface area contributed by atoms with Gasteiger partial charge in [0, 0.05) is 29.5 Å². The summed E-state index contributed by atoms with van der Waals surface area (Å²) in [5, 5.41) is 0.0232. The first-order valence-electron chi connectivity index (χ1n) is 5.41. The van der Waals surface area contributed by atoms with Gasteiger partial charge in [0.25, 0.3) is 0 Å². The topological polar surface area (TPSA) is 50.3 Å². The second-order valence-electron chi connectivity index (χ2n) is 3.81. The van der Waals surface area contributed by atoms with Crippen LogP contribution in [-0.2, 0) is 10.0 Å². The molecule has 0 radical (unpaired) electrons. The van der Waals surface area contributed by atoms with E-state index in [1.807, 2.05) is 0 Å². The van der Waals surface area contributed by atoms with E-state index in [0.717, 1.165) is 17.9 Å². The van der Waals surface area contributed by atoms with E-state index in [4.69, 9.17) is 11.6 Å². The summed E-state index contributed by atoms with van der Waals surface area (Å²) in [5.41, 5.74) is 0. The van der Waals surface area contributed by atoms with Crippen LogP contribution < -0.4 is 0 Å². The number of hydrogen-bond donors (Lipinski definition) is 0. The van der Waals surface area contributed by atoms with Gasteiger partial charge in [-0.3, -0.25) is 0 Å². The Morgan fingerprint density at radius 2 is 2.17 bits per heavy atom. The summed E-state index contributed by atoms with van der Waals surface area (Å²) in [4.78, 5) is 3.95. The van der Waals surface area contributed by atoms with E-state index < -0.39 is 10.0 Å². The lowest BCUT2D eigenvalue weighted by atomic mass is 10.5. The van der Waals surface area contributed by atoms with Crippen LogP contribution in [0.1, 0.15) is 6.42 Å². The van der Waals surface area contributed by atoms with Gasteiger partial charge in [0.2, 0.25) is 10.0 Å². The fourth-order valence-electron chi connectivity index (χ4n) is 1.69. The maximum Gasteiger partial charge on any atom is 0.246 e. The van der Waals surface area contributed by atoms with Crippen LogP contribution in [0.2, 0.25) is 5.15 Å². The summed E-state index contributed by atoms with van der Waals surface area (Å²) in [6, 6.07) is 1.50. The first kappa shape index (κ1) is 14.6. The van der Waals surface area contributed by atoms with Crippen molar-refractivity contribution in [3.05, 3.63) is 21.9 Å². The molecule has 18 heavy (non-hydrogen) atoms. The van der Waals surface area contributed by atoms with Gasteiger partial charge in [0.1, 0.15) is 10.0 Å². The number of nitrogens with zero attached hydrogens (tertiary/aromatic N) is 2. The van der Waals surface area contributed by atoms with Crippen molar-refractivity contribution in [1.29, 1.82) is 0 Å². The van der Waals surface area contributed by atoms with Gasteiger partial charge in [-0.05, 0) is 34.2 Å². The second-order valence-corrected chi connectivity index (χ2v) is 8.22. The standard InChI is InChI=1S/C10H12BrClN2O2S2/c11-8-6-9(10(12)13-7-8)18(15,16)14-2-1-4-17-5-3-14/h6-7H,1-5H2. The molecule has 100 valence electrons. The molecule has 0 unspecified atom stereocenters. The molecule has 1 aliphatic heterocycles. The summed E-state index contributed by atoms with van der Waals surface area (Å²) < 4.78 is 27.1. The van der Waals surface area contributed by atoms with Crippen LogP contribution in [0.15, 0.2) is 21.6 Å². The summed E-state index contributed by atoms with van der Waals surface area (Å²) in [7, 11) is -3.54. The molecule has 1 aromatic heterocycles. The number of aromatic nitrogens is 1. The van der Waals surface area contributed by atoms with Crippen LogP contribution >= 0.6 is 39.3 Å². The van der Waals surface area contributed by atoms with Gasteiger partial charge in [-0.2, -0.15) is 16.1 Å². The van der Waals surface area contributed by atoms with Gasteiger partial charge in [-0.1, -0.05) is 11.6 Å². The number of thioether (sulfide) groups is 1. The fourth-order valence-corrected chi connectivity index (χ4v) is 5.09. The highest BCUT2D eigenvalue weighted by molar-refractivity contribution is 9.10. The fraction of sp³-hybridized carbons (Fsp3) is 0.500. The number of pyridine rings is 1. The molecule has 0 atom stereocenters. The van der Waals surface area contributed by atoms with Crippen molar-refractivity contribution in [2.45, 2.75) is 11.3 Å². The maximum absolute atomic E-state index is 12.5. The normalized spacial score (nSPS) is 18.6. The van der Waals surface area contributed by atoms with Crippen LogP contribution in [0.5, 0.6) is 0 Å². The molecular weight excluding hydrogens is 360 g/mol. The van der Waals surface area contributed by atoms with E-state index in [1.54, 1.807) is 11.8 Å². The minimum Gasteiger partial charge on any atom is -0.242 e. The smallest absolute Gasteiger partial charge is 0.242 e. The van der Waals surface area contributed by atoms with E-state index in [-0.39, 0.29) is 10.0 Å². The van der Waals surface area contributed by atoms with Gasteiger partial charge in [0.05, 0.1) is 0 Å². The molecule has 1 aliphatic rings. The van der Waals surface area contributed by atoms with Gasteiger partial charge in [0.15, 0.2) is 0 Å². The minimum atomic E-state index is -3.54. The summed E-state index contributed by atoms with van der Waals surface area (Å²) in [5.74, 6) is 1.81. The molecule has 0 N–H and O–H groups in total. The predicted molar refractivity (Wildman–Crippen MR) is 77.6 cm³/mol. The zero-order valence-corrected chi connectivity index (χ0v) is 13.4. The Hall–Kier alpha value is 0.180. The van der Waals surface area contributed by atoms with E-state index in [2.05, 4.69) is 20.9 Å². The third-order valence-corrected chi connectivity index (χ3v) is 6.38.